The van der Waals surface area contributed by atoms with Crippen LogP contribution in [0, 0.1) is 0 Å². The second-order valence-electron chi connectivity index (χ2n) is 4.76. The van der Waals surface area contributed by atoms with Crippen LogP contribution in [0.2, 0.25) is 0 Å². The van der Waals surface area contributed by atoms with E-state index in [1.54, 1.807) is 0 Å². The van der Waals surface area contributed by atoms with Crippen LogP contribution in [0.3, 0.4) is 0 Å². The van der Waals surface area contributed by atoms with E-state index in [1.165, 1.54) is 25.3 Å². The fourth-order valence-electron chi connectivity index (χ4n) is 2.16. The molecule has 1 saturated heterocycles. The van der Waals surface area contributed by atoms with E-state index in [0.29, 0.717) is 5.75 Å². The maximum atomic E-state index is 12.4. The number of carbonyl (C=O) groups is 2. The maximum Gasteiger partial charge on any atom is 0.387 e. The molecule has 0 aliphatic carbocycles. The summed E-state index contributed by atoms with van der Waals surface area (Å²) in [5.41, 5.74) is -0.0166. The number of rotatable bonds is 6. The number of aliphatic carboxylic acids is 1. The van der Waals surface area contributed by atoms with Crippen LogP contribution in [0.4, 0.5) is 14.5 Å². The third-order valence-electron chi connectivity index (χ3n) is 3.25. The van der Waals surface area contributed by atoms with E-state index in [1.807, 2.05) is 0 Å². The van der Waals surface area contributed by atoms with Gasteiger partial charge in [0.15, 0.2) is 6.10 Å². The Balaban J connectivity index is 2.11. The average Bonchev–Trinajstić information content (AvgIpc) is 2.98. The molecule has 2 N–H and O–H groups in total. The van der Waals surface area contributed by atoms with Gasteiger partial charge in [-0.15, -0.1) is 0 Å². The number of carboxylic acids is 1. The first-order valence-electron chi connectivity index (χ1n) is 6.72. The number of alkyl halides is 2. The van der Waals surface area contributed by atoms with Crippen LogP contribution in [-0.2, 0) is 14.3 Å². The molecule has 1 heterocycles. The van der Waals surface area contributed by atoms with Crippen LogP contribution in [0.1, 0.15) is 12.8 Å². The van der Waals surface area contributed by atoms with Gasteiger partial charge in [0.2, 0.25) is 0 Å². The van der Waals surface area contributed by atoms with Crippen LogP contribution < -0.4 is 14.8 Å². The van der Waals surface area contributed by atoms with Gasteiger partial charge in [0.25, 0.3) is 5.91 Å². The first-order chi connectivity index (χ1) is 10.9. The number of anilines is 1. The molecule has 0 unspecified atom stereocenters. The zero-order valence-electron chi connectivity index (χ0n) is 12.1. The number of nitrogens with one attached hydrogen (secondary N) is 1. The summed E-state index contributed by atoms with van der Waals surface area (Å²) in [4.78, 5) is 22.9. The molecule has 0 bridgehead atoms. The summed E-state index contributed by atoms with van der Waals surface area (Å²) in [6.45, 7) is -3.06. The van der Waals surface area contributed by atoms with E-state index in [2.05, 4.69) is 10.1 Å². The number of ether oxygens (including phenoxy) is 3. The third-order valence-corrected chi connectivity index (χ3v) is 3.25. The summed E-state index contributed by atoms with van der Waals surface area (Å²) in [5.74, 6) is -1.69. The van der Waals surface area contributed by atoms with Crippen molar-refractivity contribution in [1.82, 2.24) is 0 Å². The highest BCUT2D eigenvalue weighted by molar-refractivity contribution is 5.96. The number of halogens is 2. The van der Waals surface area contributed by atoms with Gasteiger partial charge in [0, 0.05) is 6.07 Å². The number of carboxylic acid groups (broad SMARTS) is 1. The van der Waals surface area contributed by atoms with Gasteiger partial charge in [-0.3, -0.25) is 4.79 Å². The third kappa shape index (κ3) is 4.28. The summed E-state index contributed by atoms with van der Waals surface area (Å²) in [6, 6.07) is 3.95. The van der Waals surface area contributed by atoms with Crippen molar-refractivity contribution in [3.8, 4) is 11.5 Å². The lowest BCUT2D eigenvalue weighted by molar-refractivity contribution is -0.150. The topological polar surface area (TPSA) is 94.1 Å². The van der Waals surface area contributed by atoms with Crippen LogP contribution in [0.15, 0.2) is 18.2 Å². The molecule has 1 amide bonds. The molecule has 2 atom stereocenters. The van der Waals surface area contributed by atoms with Gasteiger partial charge in [-0.1, -0.05) is 0 Å². The van der Waals surface area contributed by atoms with Crippen LogP contribution in [0.25, 0.3) is 0 Å². The highest BCUT2D eigenvalue weighted by Gasteiger charge is 2.35. The molecule has 2 rings (SSSR count). The predicted octanol–water partition coefficient (Wildman–Crippen LogP) is 1.87. The maximum absolute atomic E-state index is 12.4. The van der Waals surface area contributed by atoms with Gasteiger partial charge in [-0.2, -0.15) is 8.78 Å². The summed E-state index contributed by atoms with van der Waals surface area (Å²) in [5, 5.41) is 11.2. The lowest BCUT2D eigenvalue weighted by Gasteiger charge is -2.15. The van der Waals surface area contributed by atoms with E-state index in [4.69, 9.17) is 14.6 Å². The number of hydrogen-bond donors (Lipinski definition) is 2. The van der Waals surface area contributed by atoms with Gasteiger partial charge in [-0.25, -0.2) is 4.79 Å². The van der Waals surface area contributed by atoms with Crippen molar-refractivity contribution in [3.05, 3.63) is 18.2 Å². The fraction of sp³-hybridized carbons (Fsp3) is 0.429. The molecule has 9 heteroatoms. The Morgan fingerprint density at radius 3 is 2.61 bits per heavy atom. The summed E-state index contributed by atoms with van der Waals surface area (Å²) >= 11 is 0. The van der Waals surface area contributed by atoms with Gasteiger partial charge in [0.05, 0.1) is 12.8 Å². The highest BCUT2D eigenvalue weighted by Crippen LogP contribution is 2.31. The minimum atomic E-state index is -3.06. The summed E-state index contributed by atoms with van der Waals surface area (Å²) in [7, 11) is 1.38. The van der Waals surface area contributed by atoms with E-state index in [9.17, 15) is 18.4 Å². The van der Waals surface area contributed by atoms with Crippen molar-refractivity contribution >= 4 is 17.6 Å². The zero-order valence-corrected chi connectivity index (χ0v) is 12.1. The number of benzene rings is 1. The molecule has 7 nitrogen and oxygen atoms in total. The molecular weight excluding hydrogens is 316 g/mol. The minimum Gasteiger partial charge on any atom is -0.497 e. The van der Waals surface area contributed by atoms with E-state index >= 15 is 0 Å². The number of hydrogen-bond acceptors (Lipinski definition) is 5. The summed E-state index contributed by atoms with van der Waals surface area (Å²) < 4.78 is 39.2. The Morgan fingerprint density at radius 2 is 2.04 bits per heavy atom. The SMILES string of the molecule is COc1ccc(OC(F)F)c(NC(=O)[C@@H]2CC[C@H](C(=O)O)O2)c1. The molecule has 0 spiro atoms. The van der Waals surface area contributed by atoms with Gasteiger partial charge >= 0.3 is 12.6 Å². The van der Waals surface area contributed by atoms with Crippen molar-refractivity contribution < 1.29 is 37.7 Å². The van der Waals surface area contributed by atoms with Crippen molar-refractivity contribution in [3.63, 3.8) is 0 Å². The average molecular weight is 331 g/mol. The van der Waals surface area contributed by atoms with Crippen LogP contribution in [-0.4, -0.2) is 42.9 Å². The van der Waals surface area contributed by atoms with Crippen molar-refractivity contribution in [1.29, 1.82) is 0 Å². The Kier molecular flexibility index (Phi) is 5.32. The highest BCUT2D eigenvalue weighted by atomic mass is 19.3. The lowest BCUT2D eigenvalue weighted by atomic mass is 10.2. The molecule has 1 aliphatic heterocycles. The molecule has 1 aromatic rings. The predicted molar refractivity (Wildman–Crippen MR) is 73.8 cm³/mol. The Bertz CT molecular complexity index is 595. The van der Waals surface area contributed by atoms with E-state index in [0.717, 1.165) is 0 Å². The molecular formula is C14H15F2NO6. The lowest BCUT2D eigenvalue weighted by Crippen LogP contribution is -2.30. The normalized spacial score (nSPS) is 20.3. The molecule has 23 heavy (non-hydrogen) atoms. The molecule has 126 valence electrons. The number of methoxy groups -OCH3 is 1. The monoisotopic (exact) mass is 331 g/mol. The molecule has 1 aliphatic rings. The standard InChI is InChI=1S/C14H15F2NO6/c1-21-7-2-3-9(23-14(15)16)8(6-7)17-12(18)10-4-5-11(22-10)13(19)20/h2-3,6,10-11,14H,4-5H2,1H3,(H,17,18)(H,19,20)/t10-,11+/m0/s1. The first kappa shape index (κ1) is 16.9. The second-order valence-corrected chi connectivity index (χ2v) is 4.76. The summed E-state index contributed by atoms with van der Waals surface area (Å²) in [6.07, 6.45) is -1.60. The van der Waals surface area contributed by atoms with Gasteiger partial charge in [0.1, 0.15) is 17.6 Å². The number of carbonyl (C=O) groups excluding carboxylic acids is 1. The van der Waals surface area contributed by atoms with Crippen LogP contribution >= 0.6 is 0 Å². The molecule has 0 aromatic heterocycles. The molecule has 0 radical (unpaired) electrons. The zero-order chi connectivity index (χ0) is 17.0. The van der Waals surface area contributed by atoms with Crippen molar-refractivity contribution in [2.75, 3.05) is 12.4 Å². The largest absolute Gasteiger partial charge is 0.497 e. The molecule has 1 aromatic carbocycles. The second kappa shape index (κ2) is 7.23. The van der Waals surface area contributed by atoms with Gasteiger partial charge in [-0.05, 0) is 25.0 Å². The van der Waals surface area contributed by atoms with Crippen molar-refractivity contribution in [2.45, 2.75) is 31.7 Å². The fourth-order valence-corrected chi connectivity index (χ4v) is 2.16. The quantitative estimate of drug-likeness (QED) is 0.826. The minimum absolute atomic E-state index is 0.0166. The first-order valence-corrected chi connectivity index (χ1v) is 6.72. The molecule has 0 saturated carbocycles. The Hall–Kier alpha value is -2.42. The molecule has 1 fully saturated rings. The van der Waals surface area contributed by atoms with Gasteiger partial charge < -0.3 is 24.6 Å². The van der Waals surface area contributed by atoms with Crippen LogP contribution in [0.5, 0.6) is 11.5 Å². The Morgan fingerprint density at radius 1 is 1.35 bits per heavy atom. The van der Waals surface area contributed by atoms with Crippen molar-refractivity contribution in [2.24, 2.45) is 0 Å². The smallest absolute Gasteiger partial charge is 0.387 e. The van der Waals surface area contributed by atoms with E-state index in [-0.39, 0.29) is 24.3 Å². The van der Waals surface area contributed by atoms with E-state index < -0.39 is 30.7 Å². The Labute approximate surface area is 130 Å². The number of amides is 1.